The van der Waals surface area contributed by atoms with Crippen LogP contribution < -0.4 is 10.6 Å². The van der Waals surface area contributed by atoms with E-state index in [1.807, 2.05) is 31.2 Å². The molecule has 1 atom stereocenters. The Bertz CT molecular complexity index is 989. The monoisotopic (exact) mass is 363 g/mol. The van der Waals surface area contributed by atoms with Crippen molar-refractivity contribution < 1.29 is 4.79 Å². The number of fused-ring (bicyclic) bond motifs is 1. The summed E-state index contributed by atoms with van der Waals surface area (Å²) in [6.07, 6.45) is 0. The highest BCUT2D eigenvalue weighted by Crippen LogP contribution is 2.24. The summed E-state index contributed by atoms with van der Waals surface area (Å²) < 4.78 is 0. The van der Waals surface area contributed by atoms with Crippen LogP contribution in [-0.2, 0) is 4.79 Å². The van der Waals surface area contributed by atoms with Gasteiger partial charge in [0.15, 0.2) is 0 Å². The molecule has 2 N–H and O–H groups in total. The largest absolute Gasteiger partial charge is 0.324 e. The molecule has 0 unspecified atom stereocenters. The predicted molar refractivity (Wildman–Crippen MR) is 105 cm³/mol. The number of nitrogens with zero attached hydrogens (tertiary/aromatic N) is 1. The summed E-state index contributed by atoms with van der Waals surface area (Å²) in [6, 6.07) is 21.1. The highest BCUT2D eigenvalue weighted by molar-refractivity contribution is 6.31. The molecule has 0 saturated carbocycles. The van der Waals surface area contributed by atoms with Crippen LogP contribution in [0.1, 0.15) is 24.1 Å². The van der Waals surface area contributed by atoms with Gasteiger partial charge in [-0.2, -0.15) is 5.26 Å². The fourth-order valence-electron chi connectivity index (χ4n) is 2.90. The highest BCUT2D eigenvalue weighted by Gasteiger charge is 2.12. The first-order valence-corrected chi connectivity index (χ1v) is 8.67. The van der Waals surface area contributed by atoms with Crippen LogP contribution in [0, 0.1) is 11.3 Å². The number of rotatable bonds is 5. The van der Waals surface area contributed by atoms with Crippen molar-refractivity contribution in [3.8, 4) is 6.07 Å². The second-order valence-corrected chi connectivity index (χ2v) is 6.46. The maximum atomic E-state index is 12.3. The van der Waals surface area contributed by atoms with Crippen LogP contribution in [0.2, 0.25) is 5.02 Å². The molecule has 0 heterocycles. The standard InChI is InChI=1S/C21H18ClN3O/c1-14(18-8-4-6-15-5-2-3-7-19(15)18)24-13-21(26)25-20-11-17(22)10-9-16(20)12-23/h2-11,14,24H,13H2,1H3,(H,25,26)/t14-/m1/s1. The Morgan fingerprint density at radius 2 is 1.92 bits per heavy atom. The van der Waals surface area contributed by atoms with Gasteiger partial charge in [0.25, 0.3) is 0 Å². The maximum absolute atomic E-state index is 12.3. The molecule has 0 aliphatic carbocycles. The lowest BCUT2D eigenvalue weighted by molar-refractivity contribution is -0.115. The lowest BCUT2D eigenvalue weighted by atomic mass is 10.00. The Labute approximate surface area is 157 Å². The molecule has 0 radical (unpaired) electrons. The van der Waals surface area contributed by atoms with Crippen LogP contribution in [0.25, 0.3) is 10.8 Å². The minimum absolute atomic E-state index is 0.00153. The van der Waals surface area contributed by atoms with Gasteiger partial charge in [0, 0.05) is 11.1 Å². The average Bonchev–Trinajstić information content (AvgIpc) is 2.66. The number of hydrogen-bond acceptors (Lipinski definition) is 3. The molecule has 3 aromatic rings. The van der Waals surface area contributed by atoms with E-state index in [1.165, 1.54) is 5.39 Å². The van der Waals surface area contributed by atoms with Gasteiger partial charge in [-0.25, -0.2) is 0 Å². The number of nitrogens with one attached hydrogen (secondary N) is 2. The van der Waals surface area contributed by atoms with Gasteiger partial charge in [-0.3, -0.25) is 4.79 Å². The summed E-state index contributed by atoms with van der Waals surface area (Å²) >= 11 is 5.94. The summed E-state index contributed by atoms with van der Waals surface area (Å²) in [4.78, 5) is 12.3. The van der Waals surface area contributed by atoms with Crippen molar-refractivity contribution in [3.63, 3.8) is 0 Å². The number of carbonyl (C=O) groups is 1. The average molecular weight is 364 g/mol. The number of amides is 1. The molecule has 3 rings (SSSR count). The minimum Gasteiger partial charge on any atom is -0.324 e. The molecule has 0 aliphatic heterocycles. The first kappa shape index (κ1) is 17.9. The summed E-state index contributed by atoms with van der Waals surface area (Å²) in [5.74, 6) is -0.226. The highest BCUT2D eigenvalue weighted by atomic mass is 35.5. The molecule has 0 bridgehead atoms. The van der Waals surface area contributed by atoms with Gasteiger partial charge in [0.2, 0.25) is 5.91 Å². The second-order valence-electron chi connectivity index (χ2n) is 6.02. The van der Waals surface area contributed by atoms with Crippen LogP contribution in [0.3, 0.4) is 0 Å². The molecule has 0 saturated heterocycles. The molecular weight excluding hydrogens is 346 g/mol. The number of benzene rings is 3. The zero-order valence-electron chi connectivity index (χ0n) is 14.3. The molecule has 0 aliphatic rings. The van der Waals surface area contributed by atoms with E-state index < -0.39 is 0 Å². The third kappa shape index (κ3) is 4.02. The number of carbonyl (C=O) groups excluding carboxylic acids is 1. The summed E-state index contributed by atoms with van der Waals surface area (Å²) in [6.45, 7) is 2.15. The quantitative estimate of drug-likeness (QED) is 0.693. The molecule has 4 nitrogen and oxygen atoms in total. The van der Waals surface area contributed by atoms with Gasteiger partial charge in [-0.15, -0.1) is 0 Å². The third-order valence-corrected chi connectivity index (χ3v) is 4.47. The zero-order chi connectivity index (χ0) is 18.5. The van der Waals surface area contributed by atoms with Gasteiger partial charge >= 0.3 is 0 Å². The van der Waals surface area contributed by atoms with Gasteiger partial charge in [-0.1, -0.05) is 54.1 Å². The SMILES string of the molecule is C[C@@H](NCC(=O)Nc1cc(Cl)ccc1C#N)c1cccc2ccccc12. The second kappa shape index (κ2) is 8.01. The molecular formula is C21H18ClN3O. The first-order chi connectivity index (χ1) is 12.6. The van der Waals surface area contributed by atoms with E-state index in [-0.39, 0.29) is 18.5 Å². The molecule has 130 valence electrons. The molecule has 5 heteroatoms. The van der Waals surface area contributed by atoms with Gasteiger partial charge < -0.3 is 10.6 Å². The van der Waals surface area contributed by atoms with Crippen molar-refractivity contribution in [1.29, 1.82) is 5.26 Å². The number of anilines is 1. The van der Waals surface area contributed by atoms with E-state index in [4.69, 9.17) is 16.9 Å². The number of nitriles is 1. The van der Waals surface area contributed by atoms with Crippen molar-refractivity contribution in [3.05, 3.63) is 76.8 Å². The Hall–Kier alpha value is -2.87. The van der Waals surface area contributed by atoms with E-state index in [9.17, 15) is 4.79 Å². The molecule has 1 amide bonds. The minimum atomic E-state index is -0.226. The number of halogens is 1. The normalized spacial score (nSPS) is 11.7. The summed E-state index contributed by atoms with van der Waals surface area (Å²) in [7, 11) is 0. The Kier molecular flexibility index (Phi) is 5.52. The van der Waals surface area contributed by atoms with E-state index in [1.54, 1.807) is 18.2 Å². The van der Waals surface area contributed by atoms with Crippen LogP contribution in [-0.4, -0.2) is 12.5 Å². The summed E-state index contributed by atoms with van der Waals surface area (Å²) in [5, 5.41) is 17.9. The fourth-order valence-corrected chi connectivity index (χ4v) is 3.07. The van der Waals surface area contributed by atoms with Crippen LogP contribution in [0.5, 0.6) is 0 Å². The summed E-state index contributed by atoms with van der Waals surface area (Å²) in [5.41, 5.74) is 1.94. The number of hydrogen-bond donors (Lipinski definition) is 2. The van der Waals surface area contributed by atoms with Crippen molar-refractivity contribution in [2.75, 3.05) is 11.9 Å². The van der Waals surface area contributed by atoms with Crippen molar-refractivity contribution in [2.24, 2.45) is 0 Å². The Balaban J connectivity index is 1.68. The fraction of sp³-hybridized carbons (Fsp3) is 0.143. The predicted octanol–water partition coefficient (Wildman–Crippen LogP) is 4.65. The van der Waals surface area contributed by atoms with E-state index >= 15 is 0 Å². The van der Waals surface area contributed by atoms with E-state index in [2.05, 4.69) is 34.9 Å². The molecule has 26 heavy (non-hydrogen) atoms. The lowest BCUT2D eigenvalue weighted by Crippen LogP contribution is -2.30. The first-order valence-electron chi connectivity index (χ1n) is 8.29. The molecule has 0 aromatic heterocycles. The molecule has 3 aromatic carbocycles. The van der Waals surface area contributed by atoms with E-state index in [0.717, 1.165) is 10.9 Å². The van der Waals surface area contributed by atoms with Crippen LogP contribution >= 0.6 is 11.6 Å². The Morgan fingerprint density at radius 3 is 2.73 bits per heavy atom. The van der Waals surface area contributed by atoms with Crippen LogP contribution in [0.15, 0.2) is 60.7 Å². The van der Waals surface area contributed by atoms with Gasteiger partial charge in [-0.05, 0) is 41.5 Å². The smallest absolute Gasteiger partial charge is 0.238 e. The third-order valence-electron chi connectivity index (χ3n) is 4.23. The lowest BCUT2D eigenvalue weighted by Gasteiger charge is -2.16. The van der Waals surface area contributed by atoms with Gasteiger partial charge in [0.1, 0.15) is 6.07 Å². The van der Waals surface area contributed by atoms with Crippen molar-refractivity contribution >= 4 is 34.0 Å². The topological polar surface area (TPSA) is 64.9 Å². The van der Waals surface area contributed by atoms with Crippen molar-refractivity contribution in [2.45, 2.75) is 13.0 Å². The van der Waals surface area contributed by atoms with Crippen molar-refractivity contribution in [1.82, 2.24) is 5.32 Å². The maximum Gasteiger partial charge on any atom is 0.238 e. The van der Waals surface area contributed by atoms with Crippen LogP contribution in [0.4, 0.5) is 5.69 Å². The zero-order valence-corrected chi connectivity index (χ0v) is 15.0. The van der Waals surface area contributed by atoms with Gasteiger partial charge in [0.05, 0.1) is 17.8 Å². The Morgan fingerprint density at radius 1 is 1.15 bits per heavy atom. The van der Waals surface area contributed by atoms with E-state index in [0.29, 0.717) is 16.3 Å². The molecule has 0 spiro atoms. The molecule has 0 fully saturated rings.